The van der Waals surface area contributed by atoms with E-state index in [2.05, 4.69) is 29.1 Å². The quantitative estimate of drug-likeness (QED) is 0.809. The Morgan fingerprint density at radius 3 is 2.56 bits per heavy atom. The van der Waals surface area contributed by atoms with Gasteiger partial charge in [-0.3, -0.25) is 4.79 Å². The van der Waals surface area contributed by atoms with Crippen molar-refractivity contribution in [1.29, 1.82) is 0 Å². The summed E-state index contributed by atoms with van der Waals surface area (Å²) in [5.41, 5.74) is 4.07. The van der Waals surface area contributed by atoms with Crippen LogP contribution in [-0.2, 0) is 9.53 Å². The topological polar surface area (TPSA) is 38.3 Å². The van der Waals surface area contributed by atoms with E-state index in [9.17, 15) is 4.79 Å². The molecule has 0 spiro atoms. The zero-order valence-electron chi connectivity index (χ0n) is 10.9. The molecule has 0 saturated heterocycles. The number of rotatable bonds is 5. The molecule has 1 aliphatic rings. The van der Waals surface area contributed by atoms with E-state index < -0.39 is 0 Å². The standard InChI is InChI=1S/C15H19NO2/c1-11(16-10-14(17)18-2)15(13-8-9-13)12-6-4-3-5-7-12/h3-7,11,16H,8-10H2,1-2H3. The number of allylic oxidation sites excluding steroid dienone is 1. The summed E-state index contributed by atoms with van der Waals surface area (Å²) in [7, 11) is 1.41. The Balaban J connectivity index is 2.08. The van der Waals surface area contributed by atoms with Crippen LogP contribution >= 0.6 is 0 Å². The highest BCUT2D eigenvalue weighted by Gasteiger charge is 2.23. The fraction of sp³-hybridized carbons (Fsp3) is 0.400. The number of carbonyl (C=O) groups is 1. The van der Waals surface area contributed by atoms with E-state index in [1.165, 1.54) is 36.7 Å². The van der Waals surface area contributed by atoms with Crippen molar-refractivity contribution in [3.63, 3.8) is 0 Å². The molecular weight excluding hydrogens is 226 g/mol. The molecular formula is C15H19NO2. The van der Waals surface area contributed by atoms with Crippen LogP contribution in [0, 0.1) is 0 Å². The molecule has 0 amide bonds. The lowest BCUT2D eigenvalue weighted by atomic mass is 9.98. The molecule has 0 heterocycles. The molecule has 2 rings (SSSR count). The van der Waals surface area contributed by atoms with Crippen LogP contribution in [-0.4, -0.2) is 25.7 Å². The predicted molar refractivity (Wildman–Crippen MR) is 72.1 cm³/mol. The molecule has 18 heavy (non-hydrogen) atoms. The van der Waals surface area contributed by atoms with Crippen molar-refractivity contribution in [3.05, 3.63) is 41.5 Å². The number of esters is 1. The van der Waals surface area contributed by atoms with E-state index in [-0.39, 0.29) is 18.6 Å². The first kappa shape index (κ1) is 12.8. The molecule has 3 nitrogen and oxygen atoms in total. The number of methoxy groups -OCH3 is 1. The molecule has 1 aromatic rings. The maximum Gasteiger partial charge on any atom is 0.319 e. The summed E-state index contributed by atoms with van der Waals surface area (Å²) in [6.45, 7) is 2.35. The molecule has 1 N–H and O–H groups in total. The largest absolute Gasteiger partial charge is 0.468 e. The van der Waals surface area contributed by atoms with Crippen LogP contribution in [0.5, 0.6) is 0 Å². The SMILES string of the molecule is COC(=O)CNC(C)C(=C1CC1)c1ccccc1. The molecule has 1 fully saturated rings. The normalized spacial score (nSPS) is 15.1. The van der Waals surface area contributed by atoms with Gasteiger partial charge in [0.15, 0.2) is 0 Å². The monoisotopic (exact) mass is 245 g/mol. The van der Waals surface area contributed by atoms with Gasteiger partial charge in [-0.1, -0.05) is 35.9 Å². The van der Waals surface area contributed by atoms with Crippen molar-refractivity contribution in [2.24, 2.45) is 0 Å². The number of hydrogen-bond donors (Lipinski definition) is 1. The van der Waals surface area contributed by atoms with Crippen LogP contribution in [0.3, 0.4) is 0 Å². The zero-order chi connectivity index (χ0) is 13.0. The Kier molecular flexibility index (Phi) is 4.15. The fourth-order valence-electron chi connectivity index (χ4n) is 2.12. The summed E-state index contributed by atoms with van der Waals surface area (Å²) < 4.78 is 4.64. The van der Waals surface area contributed by atoms with E-state index in [0.29, 0.717) is 0 Å². The number of hydrogen-bond acceptors (Lipinski definition) is 3. The highest BCUT2D eigenvalue weighted by Crippen LogP contribution is 2.38. The average Bonchev–Trinajstić information content (AvgIpc) is 3.22. The second kappa shape index (κ2) is 5.83. The Morgan fingerprint density at radius 1 is 1.33 bits per heavy atom. The summed E-state index contributed by atoms with van der Waals surface area (Å²) in [5.74, 6) is -0.227. The molecule has 0 radical (unpaired) electrons. The molecule has 0 aromatic heterocycles. The third-order valence-electron chi connectivity index (χ3n) is 3.18. The Hall–Kier alpha value is -1.61. The zero-order valence-corrected chi connectivity index (χ0v) is 10.9. The van der Waals surface area contributed by atoms with E-state index in [4.69, 9.17) is 0 Å². The minimum atomic E-state index is -0.227. The average molecular weight is 245 g/mol. The lowest BCUT2D eigenvalue weighted by molar-refractivity contribution is -0.139. The van der Waals surface area contributed by atoms with E-state index in [1.54, 1.807) is 0 Å². The Morgan fingerprint density at radius 2 is 2.00 bits per heavy atom. The van der Waals surface area contributed by atoms with Gasteiger partial charge in [0.25, 0.3) is 0 Å². The third-order valence-corrected chi connectivity index (χ3v) is 3.18. The molecule has 0 bridgehead atoms. The van der Waals surface area contributed by atoms with Crippen molar-refractivity contribution in [3.8, 4) is 0 Å². The second-order valence-corrected chi connectivity index (χ2v) is 4.56. The van der Waals surface area contributed by atoms with Gasteiger partial charge < -0.3 is 10.1 Å². The summed E-state index contributed by atoms with van der Waals surface area (Å²) in [4.78, 5) is 11.2. The summed E-state index contributed by atoms with van der Waals surface area (Å²) in [6, 6.07) is 10.5. The Bertz CT molecular complexity index is 445. The van der Waals surface area contributed by atoms with Crippen molar-refractivity contribution in [2.75, 3.05) is 13.7 Å². The molecule has 1 saturated carbocycles. The lowest BCUT2D eigenvalue weighted by Gasteiger charge is -2.17. The van der Waals surface area contributed by atoms with Gasteiger partial charge in [0, 0.05) is 6.04 Å². The van der Waals surface area contributed by atoms with Crippen molar-refractivity contribution in [2.45, 2.75) is 25.8 Å². The lowest BCUT2D eigenvalue weighted by Crippen LogP contribution is -2.33. The van der Waals surface area contributed by atoms with Gasteiger partial charge >= 0.3 is 5.97 Å². The molecule has 3 heteroatoms. The van der Waals surface area contributed by atoms with Gasteiger partial charge in [-0.05, 0) is 30.9 Å². The second-order valence-electron chi connectivity index (χ2n) is 4.56. The van der Waals surface area contributed by atoms with Crippen LogP contribution in [0.4, 0.5) is 0 Å². The molecule has 1 atom stereocenters. The fourth-order valence-corrected chi connectivity index (χ4v) is 2.12. The van der Waals surface area contributed by atoms with E-state index in [1.807, 2.05) is 18.2 Å². The van der Waals surface area contributed by atoms with E-state index >= 15 is 0 Å². The maximum atomic E-state index is 11.2. The van der Waals surface area contributed by atoms with Crippen molar-refractivity contribution < 1.29 is 9.53 Å². The predicted octanol–water partition coefficient (Wildman–Crippen LogP) is 2.39. The molecule has 0 aliphatic heterocycles. The summed E-state index contributed by atoms with van der Waals surface area (Å²) in [6.07, 6.45) is 2.35. The number of nitrogens with one attached hydrogen (secondary N) is 1. The first-order valence-corrected chi connectivity index (χ1v) is 6.30. The molecule has 96 valence electrons. The Labute approximate surface area is 108 Å². The number of carbonyl (C=O) groups excluding carboxylic acids is 1. The van der Waals surface area contributed by atoms with Crippen molar-refractivity contribution in [1.82, 2.24) is 5.32 Å². The molecule has 1 aromatic carbocycles. The number of ether oxygens (including phenoxy) is 1. The van der Waals surface area contributed by atoms with Crippen LogP contribution < -0.4 is 5.32 Å². The first-order valence-electron chi connectivity index (χ1n) is 6.30. The van der Waals surface area contributed by atoms with Crippen LogP contribution in [0.15, 0.2) is 35.9 Å². The smallest absolute Gasteiger partial charge is 0.319 e. The van der Waals surface area contributed by atoms with Crippen LogP contribution in [0.2, 0.25) is 0 Å². The first-order chi connectivity index (χ1) is 8.72. The maximum absolute atomic E-state index is 11.2. The minimum Gasteiger partial charge on any atom is -0.468 e. The third kappa shape index (κ3) is 3.20. The van der Waals surface area contributed by atoms with Gasteiger partial charge in [0.2, 0.25) is 0 Å². The van der Waals surface area contributed by atoms with Gasteiger partial charge in [-0.15, -0.1) is 0 Å². The summed E-state index contributed by atoms with van der Waals surface area (Å²) >= 11 is 0. The van der Waals surface area contributed by atoms with Crippen LogP contribution in [0.25, 0.3) is 5.57 Å². The van der Waals surface area contributed by atoms with Gasteiger partial charge in [0.05, 0.1) is 13.7 Å². The van der Waals surface area contributed by atoms with E-state index in [0.717, 1.165) is 0 Å². The molecule has 1 unspecified atom stereocenters. The van der Waals surface area contributed by atoms with Gasteiger partial charge in [0.1, 0.15) is 0 Å². The summed E-state index contributed by atoms with van der Waals surface area (Å²) in [5, 5.41) is 3.22. The number of benzene rings is 1. The highest BCUT2D eigenvalue weighted by atomic mass is 16.5. The molecule has 1 aliphatic carbocycles. The highest BCUT2D eigenvalue weighted by molar-refractivity contribution is 5.76. The van der Waals surface area contributed by atoms with Gasteiger partial charge in [-0.2, -0.15) is 0 Å². The van der Waals surface area contributed by atoms with Gasteiger partial charge in [-0.25, -0.2) is 0 Å². The minimum absolute atomic E-state index is 0.170. The van der Waals surface area contributed by atoms with Crippen molar-refractivity contribution >= 4 is 11.5 Å². The van der Waals surface area contributed by atoms with Crippen LogP contribution in [0.1, 0.15) is 25.3 Å².